The molecule has 1 amide bonds. The number of phenols is 2. The molecular weight excluding hydrogens is 382 g/mol. The molecule has 0 saturated heterocycles. The second-order valence-corrected chi connectivity index (χ2v) is 8.62. The molecule has 0 heterocycles. The average molecular weight is 405 g/mol. The lowest BCUT2D eigenvalue weighted by Crippen LogP contribution is -2.24. The topological polar surface area (TPSA) is 113 Å². The Hall–Kier alpha value is -3.00. The molecule has 0 aliphatic heterocycles. The number of aromatic hydroxyl groups is 2. The van der Waals surface area contributed by atoms with Gasteiger partial charge in [-0.3, -0.25) is 4.79 Å². The molecule has 28 heavy (non-hydrogen) atoms. The summed E-state index contributed by atoms with van der Waals surface area (Å²) in [5.74, 6) is -0.285. The van der Waals surface area contributed by atoms with E-state index in [-0.39, 0.29) is 35.8 Å². The first kappa shape index (κ1) is 21.3. The van der Waals surface area contributed by atoms with Crippen LogP contribution in [0.15, 0.2) is 48.5 Å². The molecule has 0 saturated carbocycles. The fourth-order valence-corrected chi connectivity index (χ4v) is 2.71. The van der Waals surface area contributed by atoms with Gasteiger partial charge in [0, 0.05) is 12.3 Å². The maximum absolute atomic E-state index is 12.1. The Morgan fingerprint density at radius 2 is 1.82 bits per heavy atom. The molecule has 2 aromatic rings. The van der Waals surface area contributed by atoms with Gasteiger partial charge in [-0.2, -0.15) is 0 Å². The molecule has 3 N–H and O–H groups in total. The minimum Gasteiger partial charge on any atom is -0.504 e. The molecule has 0 aromatic heterocycles. The maximum atomic E-state index is 12.1. The summed E-state index contributed by atoms with van der Waals surface area (Å²) in [4.78, 5) is 12.1. The molecular formula is C20H23NO6S. The molecule has 7 nitrogen and oxygen atoms in total. The Kier molecular flexibility index (Phi) is 7.06. The Balaban J connectivity index is 1.89. The van der Waals surface area contributed by atoms with Gasteiger partial charge in [0.25, 0.3) is 0 Å². The summed E-state index contributed by atoms with van der Waals surface area (Å²) < 4.78 is 27.6. The highest BCUT2D eigenvalue weighted by Gasteiger charge is 2.08. The van der Waals surface area contributed by atoms with Gasteiger partial charge in [-0.25, -0.2) is 8.42 Å². The van der Waals surface area contributed by atoms with Crippen LogP contribution in [0.25, 0.3) is 6.08 Å². The maximum Gasteiger partial charge on any atom is 0.244 e. The normalized spacial score (nSPS) is 12.6. The Morgan fingerprint density at radius 3 is 2.43 bits per heavy atom. The number of amides is 1. The highest BCUT2D eigenvalue weighted by atomic mass is 32.2. The first-order chi connectivity index (χ1) is 13.1. The first-order valence-corrected chi connectivity index (χ1v) is 10.6. The fraction of sp³-hybridized carbons (Fsp3) is 0.250. The van der Waals surface area contributed by atoms with E-state index in [4.69, 9.17) is 4.74 Å². The number of sulfone groups is 1. The summed E-state index contributed by atoms with van der Waals surface area (Å²) in [5.41, 5.74) is 1.44. The summed E-state index contributed by atoms with van der Waals surface area (Å²) in [7, 11) is -3.06. The number of nitrogens with one attached hydrogen (secondary N) is 1. The van der Waals surface area contributed by atoms with Crippen molar-refractivity contribution in [3.05, 3.63) is 59.7 Å². The molecule has 150 valence electrons. The number of carbonyl (C=O) groups excluding carboxylic acids is 1. The van der Waals surface area contributed by atoms with Crippen molar-refractivity contribution < 1.29 is 28.2 Å². The van der Waals surface area contributed by atoms with Gasteiger partial charge in [-0.05, 0) is 48.4 Å². The Morgan fingerprint density at radius 1 is 1.14 bits per heavy atom. The van der Waals surface area contributed by atoms with Crippen molar-refractivity contribution in [3.8, 4) is 17.2 Å². The van der Waals surface area contributed by atoms with Crippen molar-refractivity contribution in [2.45, 2.75) is 13.0 Å². The van der Waals surface area contributed by atoms with Gasteiger partial charge in [0.2, 0.25) is 5.91 Å². The predicted molar refractivity (Wildman–Crippen MR) is 107 cm³/mol. The lowest BCUT2D eigenvalue weighted by atomic mass is 10.1. The molecule has 0 fully saturated rings. The largest absolute Gasteiger partial charge is 0.504 e. The molecule has 0 spiro atoms. The number of rotatable bonds is 8. The van der Waals surface area contributed by atoms with Crippen LogP contribution >= 0.6 is 0 Å². The smallest absolute Gasteiger partial charge is 0.244 e. The predicted octanol–water partition coefficient (Wildman–Crippen LogP) is 2.41. The van der Waals surface area contributed by atoms with Crippen molar-refractivity contribution in [3.63, 3.8) is 0 Å². The van der Waals surface area contributed by atoms with Crippen molar-refractivity contribution in [1.82, 2.24) is 5.32 Å². The number of carbonyl (C=O) groups is 1. The minimum atomic E-state index is -3.06. The Bertz CT molecular complexity index is 951. The lowest BCUT2D eigenvalue weighted by Gasteiger charge is -2.14. The number of phenolic OH excluding ortho intramolecular Hbond substituents is 2. The summed E-state index contributed by atoms with van der Waals surface area (Å²) in [6.45, 7) is 1.92. The van der Waals surface area contributed by atoms with Crippen LogP contribution in [0.5, 0.6) is 17.2 Å². The molecule has 1 atom stereocenters. The Labute approximate surface area is 164 Å². The van der Waals surface area contributed by atoms with Gasteiger partial charge in [0.05, 0.1) is 11.8 Å². The molecule has 0 aliphatic carbocycles. The van der Waals surface area contributed by atoms with E-state index in [0.29, 0.717) is 11.3 Å². The van der Waals surface area contributed by atoms with Crippen molar-refractivity contribution in [1.29, 1.82) is 0 Å². The molecule has 0 aliphatic rings. The van der Waals surface area contributed by atoms with Crippen LogP contribution in [0.4, 0.5) is 0 Å². The quantitative estimate of drug-likeness (QED) is 0.459. The van der Waals surface area contributed by atoms with E-state index in [1.54, 1.807) is 30.3 Å². The number of benzene rings is 2. The van der Waals surface area contributed by atoms with Crippen molar-refractivity contribution >= 4 is 21.8 Å². The summed E-state index contributed by atoms with van der Waals surface area (Å²) in [6.07, 6.45) is 4.02. The molecule has 0 bridgehead atoms. The second kappa shape index (κ2) is 9.27. The zero-order valence-electron chi connectivity index (χ0n) is 15.6. The minimum absolute atomic E-state index is 0.0493. The molecule has 8 heteroatoms. The van der Waals surface area contributed by atoms with Crippen LogP contribution in [0.2, 0.25) is 0 Å². The van der Waals surface area contributed by atoms with Crippen LogP contribution in [-0.2, 0) is 14.6 Å². The van der Waals surface area contributed by atoms with E-state index in [2.05, 4.69) is 5.32 Å². The van der Waals surface area contributed by atoms with E-state index in [1.807, 2.05) is 6.92 Å². The van der Waals surface area contributed by atoms with Crippen LogP contribution in [0.3, 0.4) is 0 Å². The SMILES string of the molecule is CC(NC(=O)/C=C/c1ccc(O)c(O)c1)c1ccc(OCCS(C)(=O)=O)cc1. The van der Waals surface area contributed by atoms with E-state index >= 15 is 0 Å². The van der Waals surface area contributed by atoms with Crippen LogP contribution in [0, 0.1) is 0 Å². The van der Waals surface area contributed by atoms with E-state index in [1.165, 1.54) is 24.3 Å². The van der Waals surface area contributed by atoms with E-state index in [0.717, 1.165) is 11.8 Å². The molecule has 2 aromatic carbocycles. The van der Waals surface area contributed by atoms with Gasteiger partial charge in [-0.15, -0.1) is 0 Å². The van der Waals surface area contributed by atoms with Crippen molar-refractivity contribution in [2.24, 2.45) is 0 Å². The zero-order chi connectivity index (χ0) is 20.7. The highest BCUT2D eigenvalue weighted by molar-refractivity contribution is 7.90. The fourth-order valence-electron chi connectivity index (χ4n) is 2.32. The summed E-state index contributed by atoms with van der Waals surface area (Å²) in [6, 6.07) is 11.0. The van der Waals surface area contributed by atoms with Crippen LogP contribution in [0.1, 0.15) is 24.1 Å². The van der Waals surface area contributed by atoms with Gasteiger partial charge < -0.3 is 20.3 Å². The first-order valence-electron chi connectivity index (χ1n) is 8.55. The van der Waals surface area contributed by atoms with Gasteiger partial charge in [0.15, 0.2) is 21.3 Å². The van der Waals surface area contributed by atoms with E-state index < -0.39 is 9.84 Å². The third-order valence-electron chi connectivity index (χ3n) is 3.89. The lowest BCUT2D eigenvalue weighted by molar-refractivity contribution is -0.117. The number of hydrogen-bond donors (Lipinski definition) is 3. The summed E-state index contributed by atoms with van der Waals surface area (Å²) >= 11 is 0. The van der Waals surface area contributed by atoms with Crippen LogP contribution < -0.4 is 10.1 Å². The van der Waals surface area contributed by atoms with E-state index in [9.17, 15) is 23.4 Å². The number of hydrogen-bond acceptors (Lipinski definition) is 6. The van der Waals surface area contributed by atoms with Crippen molar-refractivity contribution in [2.75, 3.05) is 18.6 Å². The highest BCUT2D eigenvalue weighted by Crippen LogP contribution is 2.25. The van der Waals surface area contributed by atoms with Gasteiger partial charge >= 0.3 is 0 Å². The zero-order valence-corrected chi connectivity index (χ0v) is 16.4. The second-order valence-electron chi connectivity index (χ2n) is 6.36. The van der Waals surface area contributed by atoms with Gasteiger partial charge in [-0.1, -0.05) is 18.2 Å². The third kappa shape index (κ3) is 6.96. The summed E-state index contributed by atoms with van der Waals surface area (Å²) in [5, 5.41) is 21.5. The molecule has 2 rings (SSSR count). The van der Waals surface area contributed by atoms with Gasteiger partial charge in [0.1, 0.15) is 12.4 Å². The third-order valence-corrected chi connectivity index (χ3v) is 4.80. The average Bonchev–Trinajstić information content (AvgIpc) is 2.62. The van der Waals surface area contributed by atoms with Crippen LogP contribution in [-0.4, -0.2) is 43.2 Å². The number of ether oxygens (including phenoxy) is 1. The standard InChI is InChI=1S/C20H23NO6S/c1-14(16-5-7-17(8-6-16)27-11-12-28(2,25)26)21-20(24)10-4-15-3-9-18(22)19(23)13-15/h3-10,13-14,22-23H,11-12H2,1-2H3,(H,21,24)/b10-4+. The molecule has 1 unspecified atom stereocenters. The monoisotopic (exact) mass is 405 g/mol. The molecule has 0 radical (unpaired) electrons.